The number of aromatic nitrogens is 3. The quantitative estimate of drug-likeness (QED) is 0.136. The minimum absolute atomic E-state index is 0.137. The molecule has 3 unspecified atom stereocenters. The van der Waals surface area contributed by atoms with Crippen LogP contribution in [0.2, 0.25) is 0 Å². The fourth-order valence-corrected chi connectivity index (χ4v) is 9.56. The number of hydrogen-bond donors (Lipinski definition) is 0. The van der Waals surface area contributed by atoms with Gasteiger partial charge in [0, 0.05) is 40.7 Å². The van der Waals surface area contributed by atoms with E-state index in [2.05, 4.69) is 128 Å². The van der Waals surface area contributed by atoms with E-state index in [9.17, 15) is 0 Å². The van der Waals surface area contributed by atoms with Gasteiger partial charge in [0.15, 0.2) is 30.6 Å². The van der Waals surface area contributed by atoms with E-state index < -0.39 is 0 Å². The van der Waals surface area contributed by atoms with Gasteiger partial charge in [-0.3, -0.25) is 0 Å². The average molecular weight is 698 g/mol. The van der Waals surface area contributed by atoms with Crippen LogP contribution in [0.3, 0.4) is 0 Å². The van der Waals surface area contributed by atoms with E-state index in [0.29, 0.717) is 24.0 Å². The highest BCUT2D eigenvalue weighted by molar-refractivity contribution is 6.09. The molecule has 4 aromatic heterocycles. The molecular formula is C48H44FN3O+2. The molecule has 7 aromatic rings. The predicted molar refractivity (Wildman–Crippen MR) is 209 cm³/mol. The van der Waals surface area contributed by atoms with Crippen LogP contribution in [0.15, 0.2) is 119 Å². The van der Waals surface area contributed by atoms with E-state index in [1.54, 1.807) is 6.07 Å². The van der Waals surface area contributed by atoms with Gasteiger partial charge in [0.1, 0.15) is 5.82 Å². The normalized spacial score (nSPS) is 18.6. The van der Waals surface area contributed by atoms with Crippen LogP contribution in [-0.4, -0.2) is 4.98 Å². The number of allylic oxidation sites excluding steroid dienone is 2. The van der Waals surface area contributed by atoms with Crippen molar-refractivity contribution in [3.8, 4) is 33.6 Å². The zero-order valence-electron chi connectivity index (χ0n) is 31.0. The zero-order chi connectivity index (χ0) is 36.1. The van der Waals surface area contributed by atoms with Crippen molar-refractivity contribution in [3.63, 3.8) is 0 Å². The summed E-state index contributed by atoms with van der Waals surface area (Å²) in [5, 5.41) is 2.11. The van der Waals surface area contributed by atoms with E-state index in [1.807, 2.05) is 19.1 Å². The van der Waals surface area contributed by atoms with Crippen LogP contribution in [0.25, 0.3) is 55.7 Å². The summed E-state index contributed by atoms with van der Waals surface area (Å²) >= 11 is 0. The van der Waals surface area contributed by atoms with E-state index in [0.717, 1.165) is 63.0 Å². The Balaban J connectivity index is 1.21. The highest BCUT2D eigenvalue weighted by atomic mass is 19.1. The number of furan rings is 1. The fourth-order valence-electron chi connectivity index (χ4n) is 9.56. The van der Waals surface area contributed by atoms with Crippen molar-refractivity contribution in [3.05, 3.63) is 149 Å². The molecule has 1 aliphatic carbocycles. The van der Waals surface area contributed by atoms with Crippen molar-refractivity contribution in [1.29, 1.82) is 0 Å². The van der Waals surface area contributed by atoms with E-state index in [4.69, 9.17) is 9.40 Å². The van der Waals surface area contributed by atoms with Gasteiger partial charge in [-0.15, -0.1) is 0 Å². The van der Waals surface area contributed by atoms with Crippen molar-refractivity contribution in [1.82, 2.24) is 4.98 Å². The van der Waals surface area contributed by atoms with Gasteiger partial charge in [0.25, 0.3) is 0 Å². The summed E-state index contributed by atoms with van der Waals surface area (Å²) in [5.74, 6) is 1.20. The average Bonchev–Trinajstić information content (AvgIpc) is 3.71. The number of rotatable bonds is 4. The molecule has 0 spiro atoms. The molecule has 3 atom stereocenters. The lowest BCUT2D eigenvalue weighted by Crippen LogP contribution is -2.52. The predicted octanol–water partition coefficient (Wildman–Crippen LogP) is 10.8. The number of pyridine rings is 3. The standard InChI is InChI=1S/C48H44FN3O/c1-27(2)20-34-21-31(12-16-41(34)49)32-17-19-51-26-36-23-35(44-40-24-30(28(3)4)10-14-37(40)42-8-6-7-18-52(42)46(36)44)22-33-11-15-38-39-13-9-29(5)50-48(39)53-47(38)45(33)43(51)25-32/h6-19,21,23-25,27-28,36,44,46H,20,22,26H2,1-5H3/q+2. The van der Waals surface area contributed by atoms with Crippen LogP contribution >= 0.6 is 0 Å². The minimum Gasteiger partial charge on any atom is -0.437 e. The number of halogens is 1. The zero-order valence-corrected chi connectivity index (χ0v) is 31.0. The largest absolute Gasteiger partial charge is 0.437 e. The Morgan fingerprint density at radius 2 is 1.70 bits per heavy atom. The van der Waals surface area contributed by atoms with Crippen LogP contribution in [0.5, 0.6) is 0 Å². The van der Waals surface area contributed by atoms with Crippen molar-refractivity contribution >= 4 is 22.1 Å². The first-order valence-corrected chi connectivity index (χ1v) is 19.2. The molecule has 4 nitrogen and oxygen atoms in total. The maximum Gasteiger partial charge on any atom is 0.227 e. The van der Waals surface area contributed by atoms with Crippen LogP contribution in [0, 0.1) is 24.6 Å². The van der Waals surface area contributed by atoms with Gasteiger partial charge in [-0.25, -0.2) is 9.37 Å². The van der Waals surface area contributed by atoms with Crippen molar-refractivity contribution in [2.45, 2.75) is 71.9 Å². The number of nitrogens with zero attached hydrogens (tertiary/aromatic N) is 3. The summed E-state index contributed by atoms with van der Waals surface area (Å²) in [4.78, 5) is 4.82. The van der Waals surface area contributed by atoms with E-state index in [-0.39, 0.29) is 23.7 Å². The minimum atomic E-state index is -0.137. The van der Waals surface area contributed by atoms with E-state index in [1.165, 1.54) is 33.5 Å². The molecule has 0 amide bonds. The third-order valence-corrected chi connectivity index (χ3v) is 12.0. The molecular weight excluding hydrogens is 654 g/mol. The molecule has 3 aromatic carbocycles. The molecule has 0 fully saturated rings. The lowest BCUT2D eigenvalue weighted by atomic mass is 9.76. The SMILES string of the molecule is Cc1ccc2c(n1)oc1c3c(ccc12)CC1=CC(C[n+]2ccc(-c4ccc(F)c(CC(C)C)c4)cc2-3)C2C1c1cc(C(C)C)ccc1-c1cccc[n+]12. The molecule has 2 aliphatic heterocycles. The summed E-state index contributed by atoms with van der Waals surface area (Å²) in [6.07, 6.45) is 8.66. The van der Waals surface area contributed by atoms with Crippen LogP contribution in [0.4, 0.5) is 4.39 Å². The fraction of sp³-hybridized carbons (Fsp3) is 0.271. The molecule has 262 valence electrons. The first kappa shape index (κ1) is 32.2. The third-order valence-electron chi connectivity index (χ3n) is 12.0. The second kappa shape index (κ2) is 12.1. The van der Waals surface area contributed by atoms with Gasteiger partial charge in [0.2, 0.25) is 17.1 Å². The van der Waals surface area contributed by atoms with Crippen LogP contribution < -0.4 is 9.13 Å². The maximum atomic E-state index is 15.0. The Labute approximate surface area is 310 Å². The van der Waals surface area contributed by atoms with Crippen molar-refractivity contribution < 1.29 is 17.9 Å². The third kappa shape index (κ3) is 5.11. The monoisotopic (exact) mass is 697 g/mol. The second-order valence-corrected chi connectivity index (χ2v) is 16.3. The van der Waals surface area contributed by atoms with Gasteiger partial charge in [-0.1, -0.05) is 69.7 Å². The Morgan fingerprint density at radius 3 is 2.55 bits per heavy atom. The van der Waals surface area contributed by atoms with Crippen molar-refractivity contribution in [2.75, 3.05) is 0 Å². The lowest BCUT2D eigenvalue weighted by molar-refractivity contribution is -0.744. The molecule has 0 saturated heterocycles. The van der Waals surface area contributed by atoms with E-state index >= 15 is 4.39 Å². The summed E-state index contributed by atoms with van der Waals surface area (Å²) in [6.45, 7) is 11.7. The topological polar surface area (TPSA) is 33.8 Å². The Bertz CT molecular complexity index is 2660. The van der Waals surface area contributed by atoms with Gasteiger partial charge in [-0.05, 0) is 101 Å². The number of fused-ring (bicyclic) bond motifs is 16. The molecule has 53 heavy (non-hydrogen) atoms. The van der Waals surface area contributed by atoms with Gasteiger partial charge in [0.05, 0.1) is 23.0 Å². The smallest absolute Gasteiger partial charge is 0.227 e. The summed E-state index contributed by atoms with van der Waals surface area (Å²) in [6, 6.07) is 33.0. The molecule has 0 saturated carbocycles. The molecule has 6 heterocycles. The molecule has 0 radical (unpaired) electrons. The Hall–Kier alpha value is -5.42. The second-order valence-electron chi connectivity index (χ2n) is 16.3. The van der Waals surface area contributed by atoms with Crippen molar-refractivity contribution in [2.24, 2.45) is 11.8 Å². The van der Waals surface area contributed by atoms with Gasteiger partial charge >= 0.3 is 0 Å². The molecule has 3 aliphatic rings. The van der Waals surface area contributed by atoms with Gasteiger partial charge in [-0.2, -0.15) is 9.13 Å². The number of benzene rings is 3. The first-order chi connectivity index (χ1) is 25.7. The number of hydrogen-bond acceptors (Lipinski definition) is 2. The lowest BCUT2D eigenvalue weighted by Gasteiger charge is -2.31. The Kier molecular flexibility index (Phi) is 7.34. The maximum absolute atomic E-state index is 15.0. The highest BCUT2D eigenvalue weighted by Crippen LogP contribution is 2.53. The first-order valence-electron chi connectivity index (χ1n) is 19.2. The Morgan fingerprint density at radius 1 is 0.849 bits per heavy atom. The van der Waals surface area contributed by atoms with Crippen LogP contribution in [0.1, 0.15) is 73.5 Å². The molecule has 2 bridgehead atoms. The number of aryl methyl sites for hydroxylation is 1. The summed E-state index contributed by atoms with van der Waals surface area (Å²) < 4.78 is 26.8. The molecule has 5 heteroatoms. The van der Waals surface area contributed by atoms with Crippen LogP contribution in [-0.2, 0) is 19.4 Å². The highest BCUT2D eigenvalue weighted by Gasteiger charge is 2.51. The summed E-state index contributed by atoms with van der Waals surface area (Å²) in [5.41, 5.74) is 15.8. The molecule has 10 rings (SSSR count). The van der Waals surface area contributed by atoms with Gasteiger partial charge < -0.3 is 4.42 Å². The molecule has 0 N–H and O–H groups in total. The summed E-state index contributed by atoms with van der Waals surface area (Å²) in [7, 11) is 0.